The van der Waals surface area contributed by atoms with Gasteiger partial charge in [0.1, 0.15) is 6.54 Å². The van der Waals surface area contributed by atoms with Gasteiger partial charge in [0.25, 0.3) is 0 Å². The Morgan fingerprint density at radius 3 is 2.62 bits per heavy atom. The number of benzene rings is 1. The number of carbonyl (C=O) groups excluding carboxylic acids is 1. The van der Waals surface area contributed by atoms with Crippen LogP contribution in [0.15, 0.2) is 33.5 Å². The van der Waals surface area contributed by atoms with Gasteiger partial charge in [-0.1, -0.05) is 12.1 Å². The van der Waals surface area contributed by atoms with E-state index in [-0.39, 0.29) is 24.5 Å². The van der Waals surface area contributed by atoms with E-state index in [1.807, 2.05) is 17.0 Å². The van der Waals surface area contributed by atoms with Gasteiger partial charge >= 0.3 is 5.76 Å². The standard InChI is InChI=1S/C16H20N2O3/c1-11-6-5-7-12(2)18(11)15(19)10-17-13-8-3-4-9-14(13)21-16(17)20/h3-4,8-9,11-12H,5-7,10H2,1-2H3. The van der Waals surface area contributed by atoms with Gasteiger partial charge in [-0.3, -0.25) is 9.36 Å². The quantitative estimate of drug-likeness (QED) is 0.852. The van der Waals surface area contributed by atoms with Gasteiger partial charge in [-0.05, 0) is 45.2 Å². The summed E-state index contributed by atoms with van der Waals surface area (Å²) in [5.41, 5.74) is 1.20. The number of aromatic nitrogens is 1. The molecule has 3 rings (SSSR count). The molecular weight excluding hydrogens is 268 g/mol. The first-order valence-electron chi connectivity index (χ1n) is 7.47. The van der Waals surface area contributed by atoms with Crippen molar-refractivity contribution in [1.29, 1.82) is 0 Å². The third-order valence-corrected chi connectivity index (χ3v) is 4.35. The Labute approximate surface area is 123 Å². The van der Waals surface area contributed by atoms with Crippen molar-refractivity contribution in [1.82, 2.24) is 9.47 Å². The number of fused-ring (bicyclic) bond motifs is 1. The molecule has 1 saturated heterocycles. The number of carbonyl (C=O) groups is 1. The van der Waals surface area contributed by atoms with Crippen molar-refractivity contribution in [2.75, 3.05) is 0 Å². The SMILES string of the molecule is CC1CCCC(C)N1C(=O)Cn1c(=O)oc2ccccc21. The van der Waals surface area contributed by atoms with E-state index in [2.05, 4.69) is 13.8 Å². The van der Waals surface area contributed by atoms with Gasteiger partial charge < -0.3 is 9.32 Å². The first-order chi connectivity index (χ1) is 10.1. The van der Waals surface area contributed by atoms with Crippen LogP contribution in [-0.2, 0) is 11.3 Å². The van der Waals surface area contributed by atoms with Crippen LogP contribution in [0.25, 0.3) is 11.1 Å². The molecule has 5 nitrogen and oxygen atoms in total. The van der Waals surface area contributed by atoms with E-state index in [1.165, 1.54) is 4.57 Å². The minimum atomic E-state index is -0.470. The van der Waals surface area contributed by atoms with Crippen LogP contribution in [-0.4, -0.2) is 27.5 Å². The summed E-state index contributed by atoms with van der Waals surface area (Å²) in [5, 5.41) is 0. The number of nitrogens with zero attached hydrogens (tertiary/aromatic N) is 2. The maximum Gasteiger partial charge on any atom is 0.420 e. The van der Waals surface area contributed by atoms with Crippen LogP contribution in [0, 0.1) is 0 Å². The Hall–Kier alpha value is -2.04. The summed E-state index contributed by atoms with van der Waals surface area (Å²) in [5.74, 6) is -0.481. The highest BCUT2D eigenvalue weighted by molar-refractivity contribution is 5.80. The fourth-order valence-corrected chi connectivity index (χ4v) is 3.29. The second-order valence-electron chi connectivity index (χ2n) is 5.85. The van der Waals surface area contributed by atoms with Crippen molar-refractivity contribution >= 4 is 17.0 Å². The molecule has 112 valence electrons. The van der Waals surface area contributed by atoms with E-state index in [0.29, 0.717) is 11.1 Å². The zero-order chi connectivity index (χ0) is 15.0. The average molecular weight is 288 g/mol. The second kappa shape index (κ2) is 5.39. The lowest BCUT2D eigenvalue weighted by atomic mass is 9.97. The molecule has 1 fully saturated rings. The summed E-state index contributed by atoms with van der Waals surface area (Å²) in [6.45, 7) is 4.19. The molecule has 2 unspecified atom stereocenters. The molecule has 2 heterocycles. The maximum absolute atomic E-state index is 12.6. The summed E-state index contributed by atoms with van der Waals surface area (Å²) >= 11 is 0. The van der Waals surface area contributed by atoms with Crippen LogP contribution < -0.4 is 5.76 Å². The summed E-state index contributed by atoms with van der Waals surface area (Å²) in [4.78, 5) is 26.5. The van der Waals surface area contributed by atoms with Gasteiger partial charge in [0.2, 0.25) is 5.91 Å². The Kier molecular flexibility index (Phi) is 3.57. The Balaban J connectivity index is 1.89. The van der Waals surface area contributed by atoms with Gasteiger partial charge in [0.15, 0.2) is 5.58 Å². The van der Waals surface area contributed by atoms with Crippen LogP contribution in [0.1, 0.15) is 33.1 Å². The van der Waals surface area contributed by atoms with Crippen molar-refractivity contribution < 1.29 is 9.21 Å². The van der Waals surface area contributed by atoms with Crippen molar-refractivity contribution in [3.63, 3.8) is 0 Å². The number of likely N-dealkylation sites (tertiary alicyclic amines) is 1. The van der Waals surface area contributed by atoms with Crippen molar-refractivity contribution in [3.8, 4) is 0 Å². The molecule has 0 bridgehead atoms. The molecule has 1 aliphatic heterocycles. The molecule has 5 heteroatoms. The van der Waals surface area contributed by atoms with E-state index in [4.69, 9.17) is 4.42 Å². The molecule has 0 N–H and O–H groups in total. The Morgan fingerprint density at radius 2 is 1.90 bits per heavy atom. The molecule has 1 aliphatic rings. The lowest BCUT2D eigenvalue weighted by Gasteiger charge is -2.39. The van der Waals surface area contributed by atoms with Gasteiger partial charge in [-0.15, -0.1) is 0 Å². The van der Waals surface area contributed by atoms with Crippen molar-refractivity contribution in [3.05, 3.63) is 34.8 Å². The molecule has 2 atom stereocenters. The van der Waals surface area contributed by atoms with Gasteiger partial charge in [-0.2, -0.15) is 0 Å². The van der Waals surface area contributed by atoms with Gasteiger partial charge in [0.05, 0.1) is 5.52 Å². The second-order valence-corrected chi connectivity index (χ2v) is 5.85. The average Bonchev–Trinajstić information content (AvgIpc) is 2.75. The van der Waals surface area contributed by atoms with E-state index in [0.717, 1.165) is 19.3 Å². The fourth-order valence-electron chi connectivity index (χ4n) is 3.29. The number of hydrogen-bond acceptors (Lipinski definition) is 3. The highest BCUT2D eigenvalue weighted by atomic mass is 16.4. The number of piperidine rings is 1. The normalized spacial score (nSPS) is 22.7. The van der Waals surface area contributed by atoms with Gasteiger partial charge in [-0.25, -0.2) is 4.79 Å². The topological polar surface area (TPSA) is 55.5 Å². The molecular formula is C16H20N2O3. The van der Waals surface area contributed by atoms with Crippen LogP contribution in [0.4, 0.5) is 0 Å². The maximum atomic E-state index is 12.6. The molecule has 2 aromatic rings. The van der Waals surface area contributed by atoms with E-state index < -0.39 is 5.76 Å². The highest BCUT2D eigenvalue weighted by Crippen LogP contribution is 2.23. The predicted octanol–water partition coefficient (Wildman–Crippen LogP) is 2.38. The third kappa shape index (κ3) is 2.48. The van der Waals surface area contributed by atoms with E-state index in [1.54, 1.807) is 12.1 Å². The number of oxazole rings is 1. The molecule has 1 amide bonds. The molecule has 0 spiro atoms. The lowest BCUT2D eigenvalue weighted by Crippen LogP contribution is -2.49. The van der Waals surface area contributed by atoms with E-state index in [9.17, 15) is 9.59 Å². The zero-order valence-electron chi connectivity index (χ0n) is 12.4. The fraction of sp³-hybridized carbons (Fsp3) is 0.500. The first kappa shape index (κ1) is 13.9. The van der Waals surface area contributed by atoms with Crippen LogP contribution in [0.5, 0.6) is 0 Å². The van der Waals surface area contributed by atoms with Crippen LogP contribution in [0.2, 0.25) is 0 Å². The summed E-state index contributed by atoms with van der Waals surface area (Å²) in [6, 6.07) is 7.65. The number of rotatable bonds is 2. The highest BCUT2D eigenvalue weighted by Gasteiger charge is 2.29. The molecule has 0 aliphatic carbocycles. The number of amides is 1. The Bertz CT molecular complexity index is 706. The molecule has 21 heavy (non-hydrogen) atoms. The molecule has 1 aromatic carbocycles. The molecule has 1 aromatic heterocycles. The van der Waals surface area contributed by atoms with Gasteiger partial charge in [0, 0.05) is 12.1 Å². The number of para-hydroxylation sites is 2. The Morgan fingerprint density at radius 1 is 1.24 bits per heavy atom. The smallest absolute Gasteiger partial charge is 0.408 e. The lowest BCUT2D eigenvalue weighted by molar-refractivity contribution is -0.137. The predicted molar refractivity (Wildman–Crippen MR) is 80.1 cm³/mol. The largest absolute Gasteiger partial charge is 0.420 e. The zero-order valence-corrected chi connectivity index (χ0v) is 12.4. The minimum Gasteiger partial charge on any atom is -0.408 e. The number of hydrogen-bond donors (Lipinski definition) is 0. The molecule has 0 saturated carbocycles. The summed E-state index contributed by atoms with van der Waals surface area (Å²) in [7, 11) is 0. The van der Waals surface area contributed by atoms with E-state index >= 15 is 0 Å². The molecule has 0 radical (unpaired) electrons. The third-order valence-electron chi connectivity index (χ3n) is 4.35. The van der Waals surface area contributed by atoms with Crippen molar-refractivity contribution in [2.45, 2.75) is 51.7 Å². The first-order valence-corrected chi connectivity index (χ1v) is 7.47. The van der Waals surface area contributed by atoms with Crippen LogP contribution in [0.3, 0.4) is 0 Å². The minimum absolute atomic E-state index is 0.0108. The summed E-state index contributed by atoms with van der Waals surface area (Å²) in [6.07, 6.45) is 3.20. The monoisotopic (exact) mass is 288 g/mol. The van der Waals surface area contributed by atoms with Crippen molar-refractivity contribution in [2.24, 2.45) is 0 Å². The summed E-state index contributed by atoms with van der Waals surface area (Å²) < 4.78 is 6.60. The van der Waals surface area contributed by atoms with Crippen LogP contribution >= 0.6 is 0 Å².